The predicted molar refractivity (Wildman–Crippen MR) is 82.0 cm³/mol. The molecule has 0 amide bonds. The van der Waals surface area contributed by atoms with Crippen molar-refractivity contribution in [2.75, 3.05) is 0 Å². The van der Waals surface area contributed by atoms with Crippen molar-refractivity contribution in [3.63, 3.8) is 0 Å². The molecule has 2 aromatic carbocycles. The first-order chi connectivity index (χ1) is 10.7. The van der Waals surface area contributed by atoms with Crippen molar-refractivity contribution in [3.8, 4) is 0 Å². The third kappa shape index (κ3) is 2.28. The van der Waals surface area contributed by atoms with Crippen molar-refractivity contribution >= 4 is 17.3 Å². The highest BCUT2D eigenvalue weighted by Gasteiger charge is 2.56. The van der Waals surface area contributed by atoms with E-state index in [9.17, 15) is 9.59 Å². The zero-order valence-corrected chi connectivity index (χ0v) is 11.8. The van der Waals surface area contributed by atoms with Crippen molar-refractivity contribution in [2.24, 2.45) is 10.5 Å². The maximum Gasteiger partial charge on any atom is 0.177 e. The van der Waals surface area contributed by atoms with E-state index in [4.69, 9.17) is 5.53 Å². The minimum absolute atomic E-state index is 0.158. The predicted octanol–water partition coefficient (Wildman–Crippen LogP) is 4.47. The fraction of sp³-hybridized carbons (Fsp3) is 0.176. The lowest BCUT2D eigenvalue weighted by molar-refractivity contribution is 0.0783. The Morgan fingerprint density at radius 2 is 1.59 bits per heavy atom. The van der Waals surface area contributed by atoms with E-state index in [1.54, 1.807) is 48.5 Å². The van der Waals surface area contributed by atoms with Crippen LogP contribution in [0.5, 0.6) is 0 Å². The van der Waals surface area contributed by atoms with Crippen LogP contribution >= 0.6 is 0 Å². The minimum Gasteiger partial charge on any atom is -0.293 e. The number of carbonyl (C=O) groups excluding carboxylic acids is 2. The second-order valence-corrected chi connectivity index (χ2v) is 5.31. The molecule has 0 atom stereocenters. The summed E-state index contributed by atoms with van der Waals surface area (Å²) in [4.78, 5) is 28.3. The Labute approximate surface area is 127 Å². The molecule has 0 spiro atoms. The van der Waals surface area contributed by atoms with Crippen LogP contribution in [-0.2, 0) is 0 Å². The monoisotopic (exact) mass is 291 g/mol. The lowest BCUT2D eigenvalue weighted by Crippen LogP contribution is -2.26. The highest BCUT2D eigenvalue weighted by Crippen LogP contribution is 2.51. The van der Waals surface area contributed by atoms with Crippen LogP contribution in [0.2, 0.25) is 0 Å². The van der Waals surface area contributed by atoms with Gasteiger partial charge in [-0.1, -0.05) is 59.7 Å². The van der Waals surface area contributed by atoms with E-state index in [1.165, 1.54) is 0 Å². The molecule has 1 aliphatic carbocycles. The Balaban J connectivity index is 1.99. The molecule has 0 aliphatic heterocycles. The molecule has 5 heteroatoms. The molecule has 0 heterocycles. The third-order valence-corrected chi connectivity index (χ3v) is 3.96. The quantitative estimate of drug-likeness (QED) is 0.267. The Hall–Kier alpha value is -2.91. The van der Waals surface area contributed by atoms with Gasteiger partial charge in [-0.2, -0.15) is 0 Å². The van der Waals surface area contributed by atoms with Crippen LogP contribution in [0.1, 0.15) is 33.6 Å². The van der Waals surface area contributed by atoms with Crippen molar-refractivity contribution < 1.29 is 9.59 Å². The van der Waals surface area contributed by atoms with Gasteiger partial charge in [0.05, 0.1) is 5.41 Å². The van der Waals surface area contributed by atoms with Gasteiger partial charge in [0.15, 0.2) is 11.6 Å². The lowest BCUT2D eigenvalue weighted by Gasteiger charge is -2.14. The maximum absolute atomic E-state index is 12.8. The van der Waals surface area contributed by atoms with E-state index in [0.717, 1.165) is 0 Å². The molecular formula is C17H13N3O2. The van der Waals surface area contributed by atoms with E-state index in [2.05, 4.69) is 10.0 Å². The summed E-state index contributed by atoms with van der Waals surface area (Å²) in [5, 5.41) is 3.55. The molecule has 0 saturated heterocycles. The Morgan fingerprint density at radius 3 is 2.23 bits per heavy atom. The summed E-state index contributed by atoms with van der Waals surface area (Å²) >= 11 is 0. The van der Waals surface area contributed by atoms with E-state index >= 15 is 0 Å². The van der Waals surface area contributed by atoms with Crippen LogP contribution in [0.3, 0.4) is 0 Å². The third-order valence-electron chi connectivity index (χ3n) is 3.96. The summed E-state index contributed by atoms with van der Waals surface area (Å²) in [7, 11) is 0. The number of hydrogen-bond acceptors (Lipinski definition) is 3. The Kier molecular flexibility index (Phi) is 3.49. The number of carbonyl (C=O) groups is 2. The molecule has 108 valence electrons. The summed E-state index contributed by atoms with van der Waals surface area (Å²) in [5.74, 6) is -0.418. The largest absolute Gasteiger partial charge is 0.293 e. The van der Waals surface area contributed by atoms with Crippen molar-refractivity contribution in [1.29, 1.82) is 0 Å². The molecule has 0 radical (unpaired) electrons. The summed E-state index contributed by atoms with van der Waals surface area (Å²) in [6.45, 7) is 0. The van der Waals surface area contributed by atoms with Gasteiger partial charge in [-0.05, 0) is 18.4 Å². The molecule has 22 heavy (non-hydrogen) atoms. The topological polar surface area (TPSA) is 82.9 Å². The number of hydrogen-bond donors (Lipinski definition) is 0. The Bertz CT molecular complexity index is 789. The average molecular weight is 291 g/mol. The van der Waals surface area contributed by atoms with Gasteiger partial charge in [-0.15, -0.1) is 0 Å². The number of ketones is 2. The summed E-state index contributed by atoms with van der Waals surface area (Å²) in [6.07, 6.45) is 1.06. The van der Waals surface area contributed by atoms with Gasteiger partial charge in [-0.25, -0.2) is 0 Å². The van der Waals surface area contributed by atoms with E-state index in [0.29, 0.717) is 24.0 Å². The first kappa shape index (κ1) is 14.0. The minimum atomic E-state index is -0.998. The maximum atomic E-state index is 12.8. The molecule has 2 aromatic rings. The van der Waals surface area contributed by atoms with E-state index in [-0.39, 0.29) is 17.3 Å². The van der Waals surface area contributed by atoms with Gasteiger partial charge in [0.2, 0.25) is 0 Å². The van der Waals surface area contributed by atoms with Gasteiger partial charge in [0.25, 0.3) is 0 Å². The molecule has 0 bridgehead atoms. The van der Waals surface area contributed by atoms with Crippen molar-refractivity contribution in [1.82, 2.24) is 0 Å². The van der Waals surface area contributed by atoms with Crippen LogP contribution in [0, 0.1) is 5.41 Å². The SMILES string of the molecule is [N-]=[N+]=Nc1ccccc1C(=O)C1(C(=O)c2ccccc2)CC1. The van der Waals surface area contributed by atoms with Crippen molar-refractivity contribution in [3.05, 3.63) is 76.2 Å². The molecule has 3 rings (SSSR count). The molecule has 0 unspecified atom stereocenters. The Morgan fingerprint density at radius 1 is 0.955 bits per heavy atom. The normalized spacial score (nSPS) is 14.7. The standard InChI is InChI=1S/C17H13N3O2/c18-20-19-14-9-5-4-8-13(14)16(22)17(10-11-17)15(21)12-6-2-1-3-7-12/h1-9H,10-11H2. The van der Waals surface area contributed by atoms with Crippen molar-refractivity contribution in [2.45, 2.75) is 12.8 Å². The average Bonchev–Trinajstić information content (AvgIpc) is 3.37. The smallest absolute Gasteiger partial charge is 0.177 e. The van der Waals surface area contributed by atoms with E-state index < -0.39 is 5.41 Å². The second-order valence-electron chi connectivity index (χ2n) is 5.31. The molecule has 0 N–H and O–H groups in total. The second kappa shape index (κ2) is 5.47. The van der Waals surface area contributed by atoms with Gasteiger partial charge in [0, 0.05) is 21.7 Å². The van der Waals surface area contributed by atoms with Crippen LogP contribution in [0.25, 0.3) is 10.4 Å². The van der Waals surface area contributed by atoms with Gasteiger partial charge in [-0.3, -0.25) is 9.59 Å². The first-order valence-electron chi connectivity index (χ1n) is 6.98. The van der Waals surface area contributed by atoms with Crippen LogP contribution in [0.4, 0.5) is 5.69 Å². The summed E-state index contributed by atoms with van der Waals surface area (Å²) in [5.41, 5.74) is 8.72. The first-order valence-corrected chi connectivity index (χ1v) is 6.98. The molecule has 5 nitrogen and oxygen atoms in total. The fourth-order valence-electron chi connectivity index (χ4n) is 2.61. The molecule has 1 saturated carbocycles. The number of Topliss-reactive ketones (excluding diaryl/α,β-unsaturated/α-hetero) is 2. The summed E-state index contributed by atoms with van der Waals surface area (Å²) in [6, 6.07) is 15.4. The van der Waals surface area contributed by atoms with Gasteiger partial charge < -0.3 is 0 Å². The zero-order chi connectivity index (χ0) is 15.6. The lowest BCUT2D eigenvalue weighted by atomic mass is 9.86. The van der Waals surface area contributed by atoms with Gasteiger partial charge >= 0.3 is 0 Å². The molecule has 1 aliphatic rings. The highest BCUT2D eigenvalue weighted by molar-refractivity contribution is 6.23. The summed E-state index contributed by atoms with van der Waals surface area (Å²) < 4.78 is 0. The number of nitrogens with zero attached hydrogens (tertiary/aromatic N) is 3. The highest BCUT2D eigenvalue weighted by atomic mass is 16.2. The van der Waals surface area contributed by atoms with Crippen LogP contribution < -0.4 is 0 Å². The van der Waals surface area contributed by atoms with Gasteiger partial charge in [0.1, 0.15) is 0 Å². The fourth-order valence-corrected chi connectivity index (χ4v) is 2.61. The number of benzene rings is 2. The molecule has 1 fully saturated rings. The molecule has 0 aromatic heterocycles. The van der Waals surface area contributed by atoms with Crippen LogP contribution in [-0.4, -0.2) is 11.6 Å². The number of azide groups is 1. The number of rotatable bonds is 5. The molecular weight excluding hydrogens is 278 g/mol. The van der Waals surface area contributed by atoms with E-state index in [1.807, 2.05) is 6.07 Å². The zero-order valence-electron chi connectivity index (χ0n) is 11.8. The van der Waals surface area contributed by atoms with Crippen LogP contribution in [0.15, 0.2) is 59.7 Å².